The summed E-state index contributed by atoms with van der Waals surface area (Å²) in [6.45, 7) is 2.90. The summed E-state index contributed by atoms with van der Waals surface area (Å²) in [7, 11) is 1.73. The van der Waals surface area contributed by atoms with E-state index >= 15 is 0 Å². The van der Waals surface area contributed by atoms with Crippen molar-refractivity contribution < 1.29 is 19.4 Å². The molecular weight excluding hydrogens is 306 g/mol. The third-order valence-electron chi connectivity index (χ3n) is 3.67. The lowest BCUT2D eigenvalue weighted by Crippen LogP contribution is -2.32. The first-order valence-electron chi connectivity index (χ1n) is 7.71. The van der Waals surface area contributed by atoms with Crippen molar-refractivity contribution in [1.29, 1.82) is 0 Å². The molecule has 0 heterocycles. The van der Waals surface area contributed by atoms with Gasteiger partial charge < -0.3 is 14.7 Å². The maximum Gasteiger partial charge on any atom is 0.335 e. The maximum absolute atomic E-state index is 12.2. The van der Waals surface area contributed by atoms with Crippen molar-refractivity contribution in [3.8, 4) is 5.75 Å². The minimum atomic E-state index is -0.974. The van der Waals surface area contributed by atoms with Crippen molar-refractivity contribution in [2.45, 2.75) is 13.3 Å². The predicted octanol–water partition coefficient (Wildman–Crippen LogP) is 2.77. The van der Waals surface area contributed by atoms with E-state index in [1.165, 1.54) is 12.1 Å². The second-order valence-corrected chi connectivity index (χ2v) is 5.66. The van der Waals surface area contributed by atoms with Crippen LogP contribution >= 0.6 is 0 Å². The lowest BCUT2D eigenvalue weighted by Gasteiger charge is -2.17. The van der Waals surface area contributed by atoms with Gasteiger partial charge in [-0.15, -0.1) is 0 Å². The fourth-order valence-corrected chi connectivity index (χ4v) is 2.21. The van der Waals surface area contributed by atoms with Gasteiger partial charge in [0.15, 0.2) is 0 Å². The van der Waals surface area contributed by atoms with E-state index in [4.69, 9.17) is 9.84 Å². The minimum absolute atomic E-state index is 0.0362. The van der Waals surface area contributed by atoms with Gasteiger partial charge >= 0.3 is 5.97 Å². The van der Waals surface area contributed by atoms with E-state index in [9.17, 15) is 9.59 Å². The number of benzene rings is 2. The molecule has 0 aromatic heterocycles. The van der Waals surface area contributed by atoms with Crippen LogP contribution in [0.5, 0.6) is 5.75 Å². The number of amides is 1. The number of likely N-dealkylation sites (N-methyl/N-ethyl adjacent to an activating group) is 1. The molecule has 0 radical (unpaired) electrons. The van der Waals surface area contributed by atoms with Crippen LogP contribution in [0.2, 0.25) is 0 Å². The molecule has 126 valence electrons. The molecule has 24 heavy (non-hydrogen) atoms. The summed E-state index contributed by atoms with van der Waals surface area (Å²) in [6, 6.07) is 14.1. The van der Waals surface area contributed by atoms with Gasteiger partial charge in [0.1, 0.15) is 12.4 Å². The van der Waals surface area contributed by atoms with Crippen LogP contribution in [0.3, 0.4) is 0 Å². The molecule has 1 amide bonds. The van der Waals surface area contributed by atoms with Gasteiger partial charge in [-0.1, -0.05) is 24.3 Å². The number of carbonyl (C=O) groups is 2. The summed E-state index contributed by atoms with van der Waals surface area (Å²) in [5, 5.41) is 8.86. The molecule has 1 N–H and O–H groups in total. The molecule has 5 nitrogen and oxygen atoms in total. The van der Waals surface area contributed by atoms with E-state index in [2.05, 4.69) is 0 Å². The number of aromatic carboxylic acids is 1. The third kappa shape index (κ3) is 5.12. The Morgan fingerprint density at radius 3 is 2.46 bits per heavy atom. The quantitative estimate of drug-likeness (QED) is 0.849. The first-order chi connectivity index (χ1) is 11.5. The monoisotopic (exact) mass is 327 g/mol. The van der Waals surface area contributed by atoms with E-state index in [0.29, 0.717) is 13.2 Å². The Balaban J connectivity index is 1.80. The molecule has 5 heteroatoms. The second kappa shape index (κ2) is 8.15. The van der Waals surface area contributed by atoms with E-state index in [1.807, 2.05) is 31.2 Å². The summed E-state index contributed by atoms with van der Waals surface area (Å²) in [6.07, 6.45) is 0.237. The topological polar surface area (TPSA) is 66.8 Å². The second-order valence-electron chi connectivity index (χ2n) is 5.66. The van der Waals surface area contributed by atoms with Gasteiger partial charge in [0.25, 0.3) is 0 Å². The molecule has 0 spiro atoms. The molecule has 0 aliphatic rings. The Morgan fingerprint density at radius 1 is 1.12 bits per heavy atom. The van der Waals surface area contributed by atoms with Crippen molar-refractivity contribution in [3.63, 3.8) is 0 Å². The molecule has 0 saturated heterocycles. The van der Waals surface area contributed by atoms with Crippen LogP contribution in [0.15, 0.2) is 48.5 Å². The fourth-order valence-electron chi connectivity index (χ4n) is 2.21. The van der Waals surface area contributed by atoms with Gasteiger partial charge in [0, 0.05) is 7.05 Å². The molecule has 0 unspecified atom stereocenters. The zero-order valence-electron chi connectivity index (χ0n) is 13.9. The Hall–Kier alpha value is -2.82. The van der Waals surface area contributed by atoms with Crippen LogP contribution < -0.4 is 4.74 Å². The van der Waals surface area contributed by atoms with Crippen LogP contribution in [0.1, 0.15) is 21.5 Å². The van der Waals surface area contributed by atoms with Gasteiger partial charge in [-0.2, -0.15) is 0 Å². The smallest absolute Gasteiger partial charge is 0.335 e. The lowest BCUT2D eigenvalue weighted by atomic mass is 10.1. The Bertz CT molecular complexity index is 710. The van der Waals surface area contributed by atoms with E-state index in [1.54, 1.807) is 24.1 Å². The molecule has 0 aliphatic heterocycles. The summed E-state index contributed by atoms with van der Waals surface area (Å²) in [4.78, 5) is 24.6. The third-order valence-corrected chi connectivity index (χ3v) is 3.67. The molecule has 0 saturated carbocycles. The minimum Gasteiger partial charge on any atom is -0.492 e. The highest BCUT2D eigenvalue weighted by Gasteiger charge is 2.10. The maximum atomic E-state index is 12.2. The summed E-state index contributed by atoms with van der Waals surface area (Å²) in [5.41, 5.74) is 2.13. The highest BCUT2D eigenvalue weighted by atomic mass is 16.5. The number of nitrogens with zero attached hydrogens (tertiary/aromatic N) is 1. The number of hydrogen-bond acceptors (Lipinski definition) is 3. The van der Waals surface area contributed by atoms with E-state index in [0.717, 1.165) is 16.9 Å². The van der Waals surface area contributed by atoms with Crippen molar-refractivity contribution in [2.75, 3.05) is 20.2 Å². The predicted molar refractivity (Wildman–Crippen MR) is 91.4 cm³/mol. The van der Waals surface area contributed by atoms with Crippen LogP contribution in [0, 0.1) is 6.92 Å². The first-order valence-corrected chi connectivity index (χ1v) is 7.71. The molecule has 0 fully saturated rings. The van der Waals surface area contributed by atoms with Crippen molar-refractivity contribution >= 4 is 11.9 Å². The summed E-state index contributed by atoms with van der Waals surface area (Å²) < 4.78 is 5.64. The highest BCUT2D eigenvalue weighted by molar-refractivity contribution is 5.87. The van der Waals surface area contributed by atoms with E-state index in [-0.39, 0.29) is 17.9 Å². The van der Waals surface area contributed by atoms with Crippen LogP contribution in [0.4, 0.5) is 0 Å². The zero-order valence-corrected chi connectivity index (χ0v) is 13.9. The van der Waals surface area contributed by atoms with Gasteiger partial charge in [-0.3, -0.25) is 4.79 Å². The number of carboxylic acids is 1. The van der Waals surface area contributed by atoms with Gasteiger partial charge in [0.2, 0.25) is 5.91 Å². The normalized spacial score (nSPS) is 10.2. The molecule has 0 bridgehead atoms. The summed E-state index contributed by atoms with van der Waals surface area (Å²) >= 11 is 0. The molecule has 0 aliphatic carbocycles. The number of aryl methyl sites for hydroxylation is 1. The number of hydrogen-bond donors (Lipinski definition) is 1. The van der Waals surface area contributed by atoms with Crippen LogP contribution in [-0.2, 0) is 11.2 Å². The van der Waals surface area contributed by atoms with Crippen molar-refractivity contribution in [1.82, 2.24) is 4.90 Å². The average Bonchev–Trinajstić information content (AvgIpc) is 2.55. The Morgan fingerprint density at radius 2 is 1.83 bits per heavy atom. The number of ether oxygens (including phenoxy) is 1. The Kier molecular flexibility index (Phi) is 5.95. The lowest BCUT2D eigenvalue weighted by molar-refractivity contribution is -0.129. The molecule has 2 rings (SSSR count). The Labute approximate surface area is 141 Å². The van der Waals surface area contributed by atoms with Gasteiger partial charge in [0.05, 0.1) is 18.5 Å². The highest BCUT2D eigenvalue weighted by Crippen LogP contribution is 2.12. The number of rotatable bonds is 7. The number of carboxylic acid groups (broad SMARTS) is 1. The zero-order chi connectivity index (χ0) is 17.5. The molecule has 2 aromatic rings. The van der Waals surface area contributed by atoms with E-state index < -0.39 is 5.97 Å². The largest absolute Gasteiger partial charge is 0.492 e. The SMILES string of the molecule is Cc1cccc(OCCN(C)C(=O)Cc2ccc(C(=O)O)cc2)c1. The van der Waals surface area contributed by atoms with Gasteiger partial charge in [-0.05, 0) is 42.3 Å². The standard InChI is InChI=1S/C19H21NO4/c1-14-4-3-5-17(12-14)24-11-10-20(2)18(21)13-15-6-8-16(9-7-15)19(22)23/h3-9,12H,10-11,13H2,1-2H3,(H,22,23). The van der Waals surface area contributed by atoms with Gasteiger partial charge in [-0.25, -0.2) is 4.79 Å². The van der Waals surface area contributed by atoms with Crippen LogP contribution in [0.25, 0.3) is 0 Å². The molecule has 2 aromatic carbocycles. The van der Waals surface area contributed by atoms with Crippen molar-refractivity contribution in [2.24, 2.45) is 0 Å². The summed E-state index contributed by atoms with van der Waals surface area (Å²) in [5.74, 6) is -0.218. The fraction of sp³-hybridized carbons (Fsp3) is 0.263. The molecular formula is C19H21NO4. The van der Waals surface area contributed by atoms with Crippen LogP contribution in [-0.4, -0.2) is 42.1 Å². The average molecular weight is 327 g/mol. The van der Waals surface area contributed by atoms with Crippen molar-refractivity contribution in [3.05, 3.63) is 65.2 Å². The molecule has 0 atom stereocenters. The first kappa shape index (κ1) is 17.5. The number of carbonyl (C=O) groups excluding carboxylic acids is 1.